The van der Waals surface area contributed by atoms with Crippen LogP contribution in [0.15, 0.2) is 11.8 Å². The maximum atomic E-state index is 13.1. The number of ether oxygens (including phenoxy) is 3. The molecule has 7 nitrogen and oxygen atoms in total. The van der Waals surface area contributed by atoms with Crippen LogP contribution in [-0.2, 0) is 14.2 Å². The summed E-state index contributed by atoms with van der Waals surface area (Å²) < 4.78 is 18.0. The van der Waals surface area contributed by atoms with Gasteiger partial charge in [-0.15, -0.1) is 0 Å². The Morgan fingerprint density at radius 3 is 2.41 bits per heavy atom. The minimum atomic E-state index is -0.761. The zero-order chi connectivity index (χ0) is 20.6. The second-order valence-corrected chi connectivity index (χ2v) is 9.49. The van der Waals surface area contributed by atoms with E-state index in [9.17, 15) is 10.1 Å². The third kappa shape index (κ3) is 4.89. The summed E-state index contributed by atoms with van der Waals surface area (Å²) in [7, 11) is 3.69. The molecule has 152 valence electrons. The topological polar surface area (TPSA) is 75.0 Å². The van der Waals surface area contributed by atoms with Crippen molar-refractivity contribution in [1.82, 2.24) is 9.80 Å². The number of likely N-dealkylation sites (tertiary alicyclic amines) is 1. The second kappa shape index (κ2) is 7.90. The monoisotopic (exact) mass is 397 g/mol. The number of carbonyl (C=O) groups excluding carboxylic acids is 1. The molecule has 2 saturated heterocycles. The summed E-state index contributed by atoms with van der Waals surface area (Å²) in [6.07, 6.45) is 2.53. The molecule has 2 aliphatic rings. The minimum Gasteiger partial charge on any atom is -0.444 e. The summed E-state index contributed by atoms with van der Waals surface area (Å²) in [6, 6.07) is 1.45. The molecule has 2 aliphatic heterocycles. The smallest absolute Gasteiger partial charge is 0.411 e. The van der Waals surface area contributed by atoms with Crippen molar-refractivity contribution in [3.05, 3.63) is 11.8 Å². The van der Waals surface area contributed by atoms with Crippen molar-refractivity contribution in [1.29, 1.82) is 5.26 Å². The fourth-order valence-corrected chi connectivity index (χ4v) is 4.26. The Morgan fingerprint density at radius 1 is 1.33 bits per heavy atom. The van der Waals surface area contributed by atoms with Gasteiger partial charge in [0.25, 0.3) is 0 Å². The second-order valence-electron chi connectivity index (χ2n) is 8.58. The van der Waals surface area contributed by atoms with E-state index in [0.717, 1.165) is 0 Å². The Kier molecular flexibility index (Phi) is 6.40. The van der Waals surface area contributed by atoms with Gasteiger partial charge in [0.15, 0.2) is 5.79 Å². The molecule has 0 aromatic rings. The highest BCUT2D eigenvalue weighted by Gasteiger charge is 2.60. The Bertz CT molecular complexity index is 636. The Labute approximate surface area is 166 Å². The molecule has 2 heterocycles. The van der Waals surface area contributed by atoms with Gasteiger partial charge in [-0.25, -0.2) is 4.79 Å². The number of fused-ring (bicyclic) bond motifs is 1. The molecule has 0 aromatic carbocycles. The third-order valence-corrected chi connectivity index (χ3v) is 4.97. The van der Waals surface area contributed by atoms with Crippen molar-refractivity contribution in [3.8, 4) is 6.07 Å². The molecule has 0 aromatic heterocycles. The number of hydrogen-bond acceptors (Lipinski definition) is 7. The minimum absolute atomic E-state index is 0.245. The largest absolute Gasteiger partial charge is 0.444 e. The van der Waals surface area contributed by atoms with Gasteiger partial charge in [0.05, 0.1) is 17.7 Å². The zero-order valence-electron chi connectivity index (χ0n) is 17.5. The molecule has 0 radical (unpaired) electrons. The fourth-order valence-electron chi connectivity index (χ4n) is 3.57. The van der Waals surface area contributed by atoms with Gasteiger partial charge in [-0.05, 0) is 40.9 Å². The lowest BCUT2D eigenvalue weighted by Crippen LogP contribution is -2.50. The molecule has 27 heavy (non-hydrogen) atoms. The van der Waals surface area contributed by atoms with Crippen LogP contribution in [0.1, 0.15) is 34.6 Å². The molecule has 0 bridgehead atoms. The van der Waals surface area contributed by atoms with Gasteiger partial charge in [-0.2, -0.15) is 17.0 Å². The van der Waals surface area contributed by atoms with E-state index in [1.165, 1.54) is 0 Å². The molecule has 4 atom stereocenters. The molecule has 0 N–H and O–H groups in total. The summed E-state index contributed by atoms with van der Waals surface area (Å²) >= 11 is 1.62. The van der Waals surface area contributed by atoms with Gasteiger partial charge in [0, 0.05) is 26.0 Å². The standard InChI is InChI=1S/C19H31N3O4S/c1-18(2,3)26-17(23)22-13(11-27-8)15-16(25-19(4,5)24-15)14(22)12(9-20)10-21(6)7/h10,13-16H,11H2,1-8H3. The summed E-state index contributed by atoms with van der Waals surface area (Å²) in [5.41, 5.74) is -0.187. The SMILES string of the molecule is CSCC1C2OC(C)(C)OC2C(C(C#N)=CN(C)C)N1C(=O)OC(C)(C)C. The normalized spacial score (nSPS) is 30.0. The van der Waals surface area contributed by atoms with Crippen LogP contribution in [0.5, 0.6) is 0 Å². The number of nitrogens with zero attached hydrogens (tertiary/aromatic N) is 3. The van der Waals surface area contributed by atoms with Crippen LogP contribution in [0.3, 0.4) is 0 Å². The highest BCUT2D eigenvalue weighted by molar-refractivity contribution is 7.98. The number of amides is 1. The lowest BCUT2D eigenvalue weighted by molar-refractivity contribution is -0.163. The highest BCUT2D eigenvalue weighted by Crippen LogP contribution is 2.44. The lowest BCUT2D eigenvalue weighted by Gasteiger charge is -2.35. The van der Waals surface area contributed by atoms with Crippen LogP contribution >= 0.6 is 11.8 Å². The Balaban J connectivity index is 2.51. The van der Waals surface area contributed by atoms with Crippen LogP contribution in [0, 0.1) is 11.3 Å². The third-order valence-electron chi connectivity index (χ3n) is 4.30. The average molecular weight is 398 g/mol. The van der Waals surface area contributed by atoms with Crippen molar-refractivity contribution in [3.63, 3.8) is 0 Å². The highest BCUT2D eigenvalue weighted by atomic mass is 32.2. The van der Waals surface area contributed by atoms with Crippen molar-refractivity contribution >= 4 is 17.9 Å². The number of rotatable bonds is 4. The van der Waals surface area contributed by atoms with E-state index in [1.54, 1.807) is 27.8 Å². The van der Waals surface area contributed by atoms with Crippen LogP contribution in [0.2, 0.25) is 0 Å². The maximum Gasteiger partial charge on any atom is 0.411 e. The fraction of sp³-hybridized carbons (Fsp3) is 0.789. The molecule has 2 fully saturated rings. The van der Waals surface area contributed by atoms with Crippen LogP contribution in [0.4, 0.5) is 4.79 Å². The first-order chi connectivity index (χ1) is 12.4. The molecule has 0 aliphatic carbocycles. The summed E-state index contributed by atoms with van der Waals surface area (Å²) in [6.45, 7) is 9.21. The van der Waals surface area contributed by atoms with Crippen molar-refractivity contribution < 1.29 is 19.0 Å². The van der Waals surface area contributed by atoms with Gasteiger partial charge in [0.1, 0.15) is 23.9 Å². The van der Waals surface area contributed by atoms with E-state index in [2.05, 4.69) is 6.07 Å². The predicted molar refractivity (Wildman–Crippen MR) is 105 cm³/mol. The van der Waals surface area contributed by atoms with Crippen molar-refractivity contribution in [2.75, 3.05) is 26.1 Å². The van der Waals surface area contributed by atoms with E-state index < -0.39 is 29.6 Å². The van der Waals surface area contributed by atoms with Gasteiger partial charge in [-0.3, -0.25) is 4.90 Å². The predicted octanol–water partition coefficient (Wildman–Crippen LogP) is 2.83. The molecular weight excluding hydrogens is 366 g/mol. The molecule has 8 heteroatoms. The molecule has 1 amide bonds. The lowest BCUT2D eigenvalue weighted by atomic mass is 10.0. The molecule has 2 rings (SSSR count). The first-order valence-electron chi connectivity index (χ1n) is 9.04. The average Bonchev–Trinajstić information content (AvgIpc) is 2.95. The molecule has 0 spiro atoms. The first kappa shape index (κ1) is 21.9. The quantitative estimate of drug-likeness (QED) is 0.675. The van der Waals surface area contributed by atoms with Gasteiger partial charge in [0.2, 0.25) is 0 Å². The van der Waals surface area contributed by atoms with Gasteiger partial charge >= 0.3 is 6.09 Å². The maximum absolute atomic E-state index is 13.1. The molecule has 0 saturated carbocycles. The summed E-state index contributed by atoms with van der Waals surface area (Å²) in [4.78, 5) is 16.5. The van der Waals surface area contributed by atoms with Gasteiger partial charge in [-0.1, -0.05) is 0 Å². The Morgan fingerprint density at radius 2 is 1.93 bits per heavy atom. The van der Waals surface area contributed by atoms with Crippen LogP contribution in [0.25, 0.3) is 0 Å². The zero-order valence-corrected chi connectivity index (χ0v) is 18.3. The number of thioether (sulfide) groups is 1. The summed E-state index contributed by atoms with van der Waals surface area (Å²) in [5, 5.41) is 9.81. The summed E-state index contributed by atoms with van der Waals surface area (Å²) in [5.74, 6) is -0.0973. The van der Waals surface area contributed by atoms with Crippen LogP contribution in [-0.4, -0.2) is 77.7 Å². The molecule has 4 unspecified atom stereocenters. The first-order valence-corrected chi connectivity index (χ1v) is 10.4. The van der Waals surface area contributed by atoms with Crippen molar-refractivity contribution in [2.45, 2.75) is 70.3 Å². The number of carbonyl (C=O) groups is 1. The van der Waals surface area contributed by atoms with E-state index in [4.69, 9.17) is 14.2 Å². The van der Waals surface area contributed by atoms with E-state index in [0.29, 0.717) is 11.3 Å². The molecular formula is C19H31N3O4S. The van der Waals surface area contributed by atoms with Crippen LogP contribution < -0.4 is 0 Å². The van der Waals surface area contributed by atoms with E-state index in [-0.39, 0.29) is 12.1 Å². The Hall–Kier alpha value is -1.43. The number of nitriles is 1. The van der Waals surface area contributed by atoms with E-state index >= 15 is 0 Å². The number of hydrogen-bond donors (Lipinski definition) is 0. The van der Waals surface area contributed by atoms with Crippen molar-refractivity contribution in [2.24, 2.45) is 0 Å². The van der Waals surface area contributed by atoms with E-state index in [1.807, 2.05) is 55.0 Å². The van der Waals surface area contributed by atoms with Gasteiger partial charge < -0.3 is 19.1 Å².